The number of nitrogens with zero attached hydrogens (tertiary/aromatic N) is 2. The van der Waals surface area contributed by atoms with E-state index < -0.39 is 0 Å². The highest BCUT2D eigenvalue weighted by atomic mass is 16.6. The average Bonchev–Trinajstić information content (AvgIpc) is 3.37. The van der Waals surface area contributed by atoms with Gasteiger partial charge in [0.15, 0.2) is 28.8 Å². The van der Waals surface area contributed by atoms with E-state index in [2.05, 4.69) is 92.7 Å². The van der Waals surface area contributed by atoms with Gasteiger partial charge in [-0.15, -0.1) is 0 Å². The first-order valence-electron chi connectivity index (χ1n) is 15.9. The second-order valence-corrected chi connectivity index (χ2v) is 12.6. The molecule has 0 spiro atoms. The molecule has 0 fully saturated rings. The van der Waals surface area contributed by atoms with Crippen LogP contribution in [0.3, 0.4) is 0 Å². The number of hydrogen-bond acceptors (Lipinski definition) is 4. The van der Waals surface area contributed by atoms with E-state index in [1.54, 1.807) is 0 Å². The molecule has 0 amide bonds. The van der Waals surface area contributed by atoms with E-state index >= 15 is 0 Å². The third kappa shape index (κ3) is 4.44. The van der Waals surface area contributed by atoms with Gasteiger partial charge in [-0.05, 0) is 46.5 Å². The van der Waals surface area contributed by atoms with Crippen LogP contribution in [0.1, 0.15) is 25.0 Å². The Labute approximate surface area is 274 Å². The minimum Gasteiger partial charge on any atom is -0.449 e. The molecule has 1 aromatic heterocycles. The van der Waals surface area contributed by atoms with Crippen LogP contribution in [0, 0.1) is 0 Å². The maximum atomic E-state index is 6.90. The van der Waals surface area contributed by atoms with Gasteiger partial charge in [-0.25, -0.2) is 9.97 Å². The van der Waals surface area contributed by atoms with Crippen LogP contribution in [0.25, 0.3) is 56.2 Å². The minimum absolute atomic E-state index is 0.132. The second kappa shape index (κ2) is 10.5. The number of rotatable bonds is 4. The summed E-state index contributed by atoms with van der Waals surface area (Å²) < 4.78 is 13.5. The number of hydrogen-bond donors (Lipinski definition) is 0. The van der Waals surface area contributed by atoms with Gasteiger partial charge in [-0.1, -0.05) is 135 Å². The summed E-state index contributed by atoms with van der Waals surface area (Å²) in [5.74, 6) is 3.61. The van der Waals surface area contributed by atoms with Gasteiger partial charge >= 0.3 is 0 Å². The third-order valence-corrected chi connectivity index (χ3v) is 9.36. The van der Waals surface area contributed by atoms with E-state index in [0.29, 0.717) is 17.3 Å². The molecule has 0 atom stereocenters. The molecule has 9 rings (SSSR count). The molecule has 1 aliphatic carbocycles. The predicted molar refractivity (Wildman–Crippen MR) is 188 cm³/mol. The normalized spacial score (nSPS) is 13.4. The highest BCUT2D eigenvalue weighted by Gasteiger charge is 2.39. The zero-order valence-electron chi connectivity index (χ0n) is 26.1. The van der Waals surface area contributed by atoms with Crippen LogP contribution in [0.5, 0.6) is 23.0 Å². The van der Waals surface area contributed by atoms with E-state index in [1.165, 1.54) is 16.7 Å². The number of aromatic nitrogens is 2. The lowest BCUT2D eigenvalue weighted by Gasteiger charge is -2.26. The summed E-state index contributed by atoms with van der Waals surface area (Å²) >= 11 is 0. The fraction of sp³-hybridized carbons (Fsp3) is 0.0698. The Morgan fingerprint density at radius 2 is 1.06 bits per heavy atom. The lowest BCUT2D eigenvalue weighted by Crippen LogP contribution is -2.15. The van der Waals surface area contributed by atoms with Gasteiger partial charge in [0.2, 0.25) is 0 Å². The van der Waals surface area contributed by atoms with Gasteiger partial charge in [0.05, 0.1) is 11.4 Å². The van der Waals surface area contributed by atoms with Crippen molar-refractivity contribution >= 4 is 0 Å². The van der Waals surface area contributed by atoms with Crippen molar-refractivity contribution in [3.05, 3.63) is 157 Å². The molecule has 0 radical (unpaired) electrons. The Kier molecular flexibility index (Phi) is 6.12. The lowest BCUT2D eigenvalue weighted by atomic mass is 9.82. The van der Waals surface area contributed by atoms with Crippen molar-refractivity contribution in [1.29, 1.82) is 0 Å². The van der Waals surface area contributed by atoms with Crippen LogP contribution in [0.15, 0.2) is 146 Å². The van der Waals surface area contributed by atoms with Crippen LogP contribution in [0.4, 0.5) is 0 Å². The number of benzene rings is 6. The third-order valence-electron chi connectivity index (χ3n) is 9.36. The Hall–Kier alpha value is -6.00. The van der Waals surface area contributed by atoms with Crippen LogP contribution in [-0.2, 0) is 5.41 Å². The molecule has 0 unspecified atom stereocenters. The van der Waals surface area contributed by atoms with E-state index in [-0.39, 0.29) is 5.41 Å². The maximum Gasteiger partial charge on any atom is 0.178 e. The zero-order chi connectivity index (χ0) is 31.5. The maximum absolute atomic E-state index is 6.90. The monoisotopic (exact) mass is 606 g/mol. The fourth-order valence-electron chi connectivity index (χ4n) is 6.99. The zero-order valence-corrected chi connectivity index (χ0v) is 26.1. The van der Waals surface area contributed by atoms with Gasteiger partial charge < -0.3 is 9.47 Å². The van der Waals surface area contributed by atoms with Gasteiger partial charge in [-0.2, -0.15) is 0 Å². The summed E-state index contributed by atoms with van der Waals surface area (Å²) in [5.41, 5.74) is 11.4. The highest BCUT2D eigenvalue weighted by molar-refractivity contribution is 5.89. The van der Waals surface area contributed by atoms with E-state index in [9.17, 15) is 0 Å². The molecule has 47 heavy (non-hydrogen) atoms. The van der Waals surface area contributed by atoms with Crippen LogP contribution in [0.2, 0.25) is 0 Å². The Morgan fingerprint density at radius 3 is 1.87 bits per heavy atom. The van der Waals surface area contributed by atoms with Gasteiger partial charge in [-0.3, -0.25) is 0 Å². The topological polar surface area (TPSA) is 44.2 Å². The summed E-state index contributed by atoms with van der Waals surface area (Å²) in [6.07, 6.45) is 0. The molecular weight excluding hydrogens is 576 g/mol. The average molecular weight is 607 g/mol. The quantitative estimate of drug-likeness (QED) is 0.200. The van der Waals surface area contributed by atoms with Crippen LogP contribution in [-0.4, -0.2) is 9.97 Å². The van der Waals surface area contributed by atoms with Gasteiger partial charge in [0.1, 0.15) is 0 Å². The van der Waals surface area contributed by atoms with Crippen molar-refractivity contribution in [1.82, 2.24) is 9.97 Å². The first-order chi connectivity index (χ1) is 23.0. The molecule has 0 saturated carbocycles. The number of fused-ring (bicyclic) bond motifs is 6. The van der Waals surface area contributed by atoms with Gasteiger partial charge in [0.25, 0.3) is 0 Å². The van der Waals surface area contributed by atoms with E-state index in [1.807, 2.05) is 66.7 Å². The minimum atomic E-state index is -0.132. The Balaban J connectivity index is 1.16. The molecule has 0 saturated heterocycles. The Morgan fingerprint density at radius 1 is 0.447 bits per heavy atom. The lowest BCUT2D eigenvalue weighted by molar-refractivity contribution is 0.361. The fourth-order valence-corrected chi connectivity index (χ4v) is 6.99. The molecule has 1 aliphatic heterocycles. The summed E-state index contributed by atoms with van der Waals surface area (Å²) in [5, 5.41) is 0. The first kappa shape index (κ1) is 27.3. The summed E-state index contributed by atoms with van der Waals surface area (Å²) in [4.78, 5) is 10.0. The van der Waals surface area contributed by atoms with Crippen LogP contribution < -0.4 is 9.47 Å². The molecular formula is C43H30N2O2. The smallest absolute Gasteiger partial charge is 0.178 e. The number of para-hydroxylation sites is 1. The van der Waals surface area contributed by atoms with E-state index in [4.69, 9.17) is 19.4 Å². The largest absolute Gasteiger partial charge is 0.449 e. The Bertz CT molecular complexity index is 2270. The molecule has 4 nitrogen and oxygen atoms in total. The molecule has 2 aliphatic rings. The first-order valence-corrected chi connectivity index (χ1v) is 15.9. The second-order valence-electron chi connectivity index (χ2n) is 12.6. The van der Waals surface area contributed by atoms with Crippen LogP contribution >= 0.6 is 0 Å². The summed E-state index contributed by atoms with van der Waals surface area (Å²) in [6, 6.07) is 49.8. The van der Waals surface area contributed by atoms with Crippen molar-refractivity contribution in [3.63, 3.8) is 0 Å². The van der Waals surface area contributed by atoms with Crippen molar-refractivity contribution in [2.75, 3.05) is 0 Å². The molecule has 4 heteroatoms. The van der Waals surface area contributed by atoms with Gasteiger partial charge in [0, 0.05) is 33.2 Å². The van der Waals surface area contributed by atoms with E-state index in [0.717, 1.165) is 56.3 Å². The molecule has 6 aromatic carbocycles. The van der Waals surface area contributed by atoms with Crippen molar-refractivity contribution in [2.24, 2.45) is 0 Å². The van der Waals surface area contributed by atoms with Crippen molar-refractivity contribution in [3.8, 4) is 79.2 Å². The standard InChI is InChI=1S/C43H30N2O2/c1-43(2)33-21-10-9-19-32(33)39-34(43)23-24-38-41(39)47-40-31(20-12-22-37(40)46-38)29-17-11-18-30(25-29)36-26-35(27-13-5-3-6-14-27)44-42(45-36)28-15-7-4-8-16-28/h3-26H,1-2H3. The van der Waals surface area contributed by atoms with Crippen molar-refractivity contribution in [2.45, 2.75) is 19.3 Å². The molecule has 2 heterocycles. The van der Waals surface area contributed by atoms with Crippen molar-refractivity contribution < 1.29 is 9.47 Å². The summed E-state index contributed by atoms with van der Waals surface area (Å²) in [7, 11) is 0. The highest BCUT2D eigenvalue weighted by Crippen LogP contribution is 2.59. The molecule has 224 valence electrons. The molecule has 0 bridgehead atoms. The predicted octanol–water partition coefficient (Wildman–Crippen LogP) is 11.3. The number of ether oxygens (including phenoxy) is 2. The summed E-state index contributed by atoms with van der Waals surface area (Å²) in [6.45, 7) is 4.55. The molecule has 0 N–H and O–H groups in total. The SMILES string of the molecule is CC1(C)c2ccccc2-c2c1ccc1c2Oc2c(cccc2-c2cccc(-c3cc(-c4ccccc4)nc(-c4ccccc4)n3)c2)O1. The molecule has 7 aromatic rings.